The summed E-state index contributed by atoms with van der Waals surface area (Å²) in [5, 5.41) is 9.39. The smallest absolute Gasteiger partial charge is 0.231 e. The summed E-state index contributed by atoms with van der Waals surface area (Å²) >= 11 is 1.63. The highest BCUT2D eigenvalue weighted by molar-refractivity contribution is 7.13. The highest BCUT2D eigenvalue weighted by Gasteiger charge is 2.29. The maximum atomic E-state index is 5.35. The third-order valence-corrected chi connectivity index (χ3v) is 3.88. The van der Waals surface area contributed by atoms with E-state index in [4.69, 9.17) is 4.52 Å². The number of nitrogens with zero attached hydrogens (tertiary/aromatic N) is 2. The highest BCUT2D eigenvalue weighted by atomic mass is 32.1. The van der Waals surface area contributed by atoms with Crippen molar-refractivity contribution >= 4 is 11.3 Å². The van der Waals surface area contributed by atoms with Gasteiger partial charge in [0, 0.05) is 6.54 Å². The summed E-state index contributed by atoms with van der Waals surface area (Å²) in [7, 11) is 0. The number of aromatic nitrogens is 2. The Hall–Kier alpha value is -1.20. The Bertz CT molecular complexity index is 465. The molecule has 1 aliphatic heterocycles. The Labute approximate surface area is 97.7 Å². The molecule has 1 N–H and O–H groups in total. The van der Waals surface area contributed by atoms with Gasteiger partial charge in [-0.3, -0.25) is 0 Å². The molecule has 16 heavy (non-hydrogen) atoms. The third kappa shape index (κ3) is 1.66. The zero-order valence-electron chi connectivity index (χ0n) is 9.01. The first-order valence-corrected chi connectivity index (χ1v) is 6.31. The number of thiophene rings is 1. The van der Waals surface area contributed by atoms with Gasteiger partial charge >= 0.3 is 0 Å². The quantitative estimate of drug-likeness (QED) is 0.866. The van der Waals surface area contributed by atoms with E-state index in [0.29, 0.717) is 17.7 Å². The van der Waals surface area contributed by atoms with E-state index in [-0.39, 0.29) is 0 Å². The van der Waals surface area contributed by atoms with Crippen molar-refractivity contribution in [1.29, 1.82) is 0 Å². The minimum absolute atomic E-state index is 0.362. The van der Waals surface area contributed by atoms with Crippen LogP contribution in [0.3, 0.4) is 0 Å². The van der Waals surface area contributed by atoms with Crippen molar-refractivity contribution in [3.05, 3.63) is 23.4 Å². The van der Waals surface area contributed by atoms with Gasteiger partial charge in [-0.05, 0) is 23.9 Å². The zero-order chi connectivity index (χ0) is 11.0. The van der Waals surface area contributed by atoms with E-state index in [1.165, 1.54) is 0 Å². The molecule has 1 fully saturated rings. The van der Waals surface area contributed by atoms with E-state index in [9.17, 15) is 0 Å². The molecule has 2 aromatic rings. The molecular formula is C11H13N3OS. The van der Waals surface area contributed by atoms with Gasteiger partial charge in [0.1, 0.15) is 0 Å². The van der Waals surface area contributed by atoms with Crippen LogP contribution in [0.2, 0.25) is 0 Å². The van der Waals surface area contributed by atoms with Gasteiger partial charge in [-0.1, -0.05) is 18.1 Å². The summed E-state index contributed by atoms with van der Waals surface area (Å²) in [5.74, 6) is 2.41. The lowest BCUT2D eigenvalue weighted by Gasteiger charge is -2.07. The van der Waals surface area contributed by atoms with E-state index in [1.807, 2.05) is 17.5 Å². The van der Waals surface area contributed by atoms with Gasteiger partial charge in [0.2, 0.25) is 11.7 Å². The number of nitrogens with one attached hydrogen (secondary N) is 1. The molecule has 4 nitrogen and oxygen atoms in total. The minimum Gasteiger partial charge on any atom is -0.339 e. The number of rotatable bonds is 2. The SMILES string of the molecule is CC1CNCC1c1nc(-c2cccs2)no1. The molecule has 0 spiro atoms. The van der Waals surface area contributed by atoms with Gasteiger partial charge in [0.15, 0.2) is 0 Å². The molecule has 3 heterocycles. The molecule has 1 saturated heterocycles. The van der Waals surface area contributed by atoms with Crippen LogP contribution in [0.4, 0.5) is 0 Å². The fourth-order valence-corrected chi connectivity index (χ4v) is 2.68. The summed E-state index contributed by atoms with van der Waals surface area (Å²) in [5.41, 5.74) is 0. The van der Waals surface area contributed by atoms with Crippen LogP contribution < -0.4 is 5.32 Å². The molecule has 3 rings (SSSR count). The predicted octanol–water partition coefficient (Wildman–Crippen LogP) is 2.12. The van der Waals surface area contributed by atoms with E-state index >= 15 is 0 Å². The highest BCUT2D eigenvalue weighted by Crippen LogP contribution is 2.29. The normalized spacial score (nSPS) is 25.1. The Kier molecular flexibility index (Phi) is 2.49. The molecule has 1 aliphatic rings. The maximum absolute atomic E-state index is 5.35. The third-order valence-electron chi connectivity index (χ3n) is 3.02. The Balaban J connectivity index is 1.88. The molecule has 0 aliphatic carbocycles. The Morgan fingerprint density at radius 3 is 3.12 bits per heavy atom. The van der Waals surface area contributed by atoms with Crippen LogP contribution in [0.15, 0.2) is 22.0 Å². The topological polar surface area (TPSA) is 51.0 Å². The molecule has 84 valence electrons. The molecule has 0 radical (unpaired) electrons. The van der Waals surface area contributed by atoms with Crippen molar-refractivity contribution in [2.45, 2.75) is 12.8 Å². The lowest BCUT2D eigenvalue weighted by atomic mass is 9.98. The molecule has 2 atom stereocenters. The Morgan fingerprint density at radius 1 is 1.50 bits per heavy atom. The number of hydrogen-bond acceptors (Lipinski definition) is 5. The van der Waals surface area contributed by atoms with E-state index in [1.54, 1.807) is 11.3 Å². The fourth-order valence-electron chi connectivity index (χ4n) is 2.03. The van der Waals surface area contributed by atoms with Gasteiger partial charge in [-0.15, -0.1) is 11.3 Å². The standard InChI is InChI=1S/C11H13N3OS/c1-7-5-12-6-8(7)11-13-10(14-15-11)9-3-2-4-16-9/h2-4,7-8,12H,5-6H2,1H3. The summed E-state index contributed by atoms with van der Waals surface area (Å²) in [6.07, 6.45) is 0. The van der Waals surface area contributed by atoms with Gasteiger partial charge in [0.05, 0.1) is 10.8 Å². The van der Waals surface area contributed by atoms with Crippen LogP contribution in [0.1, 0.15) is 18.7 Å². The first-order chi connectivity index (χ1) is 7.84. The number of hydrogen-bond donors (Lipinski definition) is 1. The average molecular weight is 235 g/mol. The van der Waals surface area contributed by atoms with Gasteiger partial charge in [-0.2, -0.15) is 4.98 Å². The van der Waals surface area contributed by atoms with Gasteiger partial charge in [0.25, 0.3) is 0 Å². The molecule has 0 aromatic carbocycles. The van der Waals surface area contributed by atoms with Crippen molar-refractivity contribution in [3.8, 4) is 10.7 Å². The van der Waals surface area contributed by atoms with Crippen molar-refractivity contribution in [2.75, 3.05) is 13.1 Å². The summed E-state index contributed by atoms with van der Waals surface area (Å²) < 4.78 is 5.35. The molecular weight excluding hydrogens is 222 g/mol. The van der Waals surface area contributed by atoms with E-state index < -0.39 is 0 Å². The molecule has 0 bridgehead atoms. The first-order valence-electron chi connectivity index (χ1n) is 5.43. The van der Waals surface area contributed by atoms with E-state index in [0.717, 1.165) is 23.9 Å². The van der Waals surface area contributed by atoms with Crippen LogP contribution in [-0.4, -0.2) is 23.2 Å². The average Bonchev–Trinajstić information content (AvgIpc) is 2.96. The monoisotopic (exact) mass is 235 g/mol. The predicted molar refractivity (Wildman–Crippen MR) is 62.4 cm³/mol. The molecule has 2 unspecified atom stereocenters. The molecule has 5 heteroatoms. The van der Waals surface area contributed by atoms with Gasteiger partial charge in [-0.25, -0.2) is 0 Å². The van der Waals surface area contributed by atoms with Crippen molar-refractivity contribution in [1.82, 2.24) is 15.5 Å². The fraction of sp³-hybridized carbons (Fsp3) is 0.455. The summed E-state index contributed by atoms with van der Waals surface area (Å²) in [6.45, 7) is 4.17. The van der Waals surface area contributed by atoms with Crippen molar-refractivity contribution < 1.29 is 4.52 Å². The van der Waals surface area contributed by atoms with Crippen molar-refractivity contribution in [3.63, 3.8) is 0 Å². The second-order valence-corrected chi connectivity index (χ2v) is 5.12. The maximum Gasteiger partial charge on any atom is 0.231 e. The van der Waals surface area contributed by atoms with Crippen LogP contribution >= 0.6 is 11.3 Å². The Morgan fingerprint density at radius 2 is 2.44 bits per heavy atom. The second kappa shape index (κ2) is 3.99. The largest absolute Gasteiger partial charge is 0.339 e. The minimum atomic E-state index is 0.362. The molecule has 0 saturated carbocycles. The zero-order valence-corrected chi connectivity index (χ0v) is 9.83. The lowest BCUT2D eigenvalue weighted by molar-refractivity contribution is 0.340. The summed E-state index contributed by atoms with van der Waals surface area (Å²) in [6, 6.07) is 4.01. The van der Waals surface area contributed by atoms with E-state index in [2.05, 4.69) is 22.4 Å². The second-order valence-electron chi connectivity index (χ2n) is 4.18. The summed E-state index contributed by atoms with van der Waals surface area (Å²) in [4.78, 5) is 5.54. The van der Waals surface area contributed by atoms with Crippen LogP contribution in [0.5, 0.6) is 0 Å². The van der Waals surface area contributed by atoms with Crippen LogP contribution in [0.25, 0.3) is 10.7 Å². The lowest BCUT2D eigenvalue weighted by Crippen LogP contribution is -2.08. The first kappa shape index (κ1) is 9.99. The molecule has 2 aromatic heterocycles. The van der Waals surface area contributed by atoms with Crippen LogP contribution in [-0.2, 0) is 0 Å². The van der Waals surface area contributed by atoms with Crippen LogP contribution in [0, 0.1) is 5.92 Å². The molecule has 0 amide bonds. The van der Waals surface area contributed by atoms with Crippen molar-refractivity contribution in [2.24, 2.45) is 5.92 Å². The van der Waals surface area contributed by atoms with Gasteiger partial charge < -0.3 is 9.84 Å².